The summed E-state index contributed by atoms with van der Waals surface area (Å²) in [6.45, 7) is 14.6. The molecule has 6 heteroatoms. The number of ketones is 1. The number of epoxide rings is 1. The summed E-state index contributed by atoms with van der Waals surface area (Å²) in [6, 6.07) is 0. The van der Waals surface area contributed by atoms with E-state index in [1.54, 1.807) is 0 Å². The molecule has 1 heterocycles. The molecule has 8 unspecified atom stereocenters. The number of esters is 2. The van der Waals surface area contributed by atoms with Crippen LogP contribution in [0.15, 0.2) is 11.6 Å². The van der Waals surface area contributed by atoms with E-state index in [1.165, 1.54) is 33.1 Å². The highest BCUT2D eigenvalue weighted by molar-refractivity contribution is 6.03. The quantitative estimate of drug-likeness (QED) is 0.254. The molecule has 6 nitrogen and oxygen atoms in total. The standard InChI is InChI=1S/C31H48O6/c1-19(2)9-8-10-20(3)25-11-12-26(29(25,6)15-16-35-21(4)32)24-17-27-31(37-27)18-23(36-22(5)33)13-14-30(31,7)28(24)34/h17,19-20,23,25-27H,8-16,18H2,1-7H3. The van der Waals surface area contributed by atoms with Gasteiger partial charge in [0.1, 0.15) is 17.8 Å². The Hall–Kier alpha value is -1.69. The summed E-state index contributed by atoms with van der Waals surface area (Å²) >= 11 is 0. The van der Waals surface area contributed by atoms with E-state index in [2.05, 4.69) is 40.7 Å². The van der Waals surface area contributed by atoms with Gasteiger partial charge in [-0.15, -0.1) is 0 Å². The van der Waals surface area contributed by atoms with E-state index in [0.717, 1.165) is 24.8 Å². The SMILES string of the molecule is CC(=O)OCCC1(C)C(C2=CC3OC34CC(OC(C)=O)CCC4(C)C2=O)CCC1C(C)CCCC(C)C. The summed E-state index contributed by atoms with van der Waals surface area (Å²) in [5.41, 5.74) is -0.305. The fraction of sp³-hybridized carbons (Fsp3) is 0.839. The van der Waals surface area contributed by atoms with E-state index in [4.69, 9.17) is 14.2 Å². The van der Waals surface area contributed by atoms with E-state index in [9.17, 15) is 14.4 Å². The Balaban J connectivity index is 1.58. The Labute approximate surface area is 223 Å². The Kier molecular flexibility index (Phi) is 8.01. The van der Waals surface area contributed by atoms with Gasteiger partial charge in [0.05, 0.1) is 12.0 Å². The molecule has 4 aliphatic rings. The largest absolute Gasteiger partial charge is 0.466 e. The topological polar surface area (TPSA) is 82.2 Å². The van der Waals surface area contributed by atoms with Gasteiger partial charge in [-0.05, 0) is 79.8 Å². The van der Waals surface area contributed by atoms with Crippen molar-refractivity contribution >= 4 is 17.7 Å². The molecule has 1 saturated heterocycles. The number of carbonyl (C=O) groups excluding carboxylic acids is 3. The Morgan fingerprint density at radius 2 is 1.81 bits per heavy atom. The van der Waals surface area contributed by atoms with E-state index in [0.29, 0.717) is 43.6 Å². The second-order valence-corrected chi connectivity index (χ2v) is 13.3. The maximum Gasteiger partial charge on any atom is 0.302 e. The lowest BCUT2D eigenvalue weighted by Crippen LogP contribution is -2.54. The molecule has 3 fully saturated rings. The molecule has 0 radical (unpaired) electrons. The molecule has 0 aromatic heterocycles. The van der Waals surface area contributed by atoms with Gasteiger partial charge < -0.3 is 14.2 Å². The Morgan fingerprint density at radius 3 is 2.46 bits per heavy atom. The minimum absolute atomic E-state index is 0.0937. The van der Waals surface area contributed by atoms with Gasteiger partial charge in [0.25, 0.3) is 0 Å². The van der Waals surface area contributed by atoms with Gasteiger partial charge in [-0.25, -0.2) is 0 Å². The molecular weight excluding hydrogens is 468 g/mol. The lowest BCUT2D eigenvalue weighted by atomic mass is 9.55. The van der Waals surface area contributed by atoms with Crippen LogP contribution >= 0.6 is 0 Å². The highest BCUT2D eigenvalue weighted by Crippen LogP contribution is 2.66. The summed E-state index contributed by atoms with van der Waals surface area (Å²) < 4.78 is 17.3. The van der Waals surface area contributed by atoms with Crippen LogP contribution in [0.5, 0.6) is 0 Å². The summed E-state index contributed by atoms with van der Waals surface area (Å²) in [5, 5.41) is 0. The van der Waals surface area contributed by atoms with Gasteiger partial charge in [0.2, 0.25) is 0 Å². The molecule has 0 N–H and O–H groups in total. The fourth-order valence-electron chi connectivity index (χ4n) is 8.30. The second kappa shape index (κ2) is 10.5. The predicted molar refractivity (Wildman–Crippen MR) is 142 cm³/mol. The van der Waals surface area contributed by atoms with Crippen LogP contribution in [0.25, 0.3) is 0 Å². The third-order valence-corrected chi connectivity index (χ3v) is 10.5. The Morgan fingerprint density at radius 1 is 1.08 bits per heavy atom. The van der Waals surface area contributed by atoms with E-state index < -0.39 is 11.0 Å². The molecule has 1 spiro atoms. The Bertz CT molecular complexity index is 938. The number of ether oxygens (including phenoxy) is 3. The zero-order valence-electron chi connectivity index (χ0n) is 24.1. The molecule has 208 valence electrons. The van der Waals surface area contributed by atoms with Crippen molar-refractivity contribution < 1.29 is 28.6 Å². The van der Waals surface area contributed by atoms with Crippen LogP contribution < -0.4 is 0 Å². The first-order valence-corrected chi connectivity index (χ1v) is 14.6. The van der Waals surface area contributed by atoms with Crippen LogP contribution in [0, 0.1) is 34.5 Å². The summed E-state index contributed by atoms with van der Waals surface area (Å²) in [4.78, 5) is 37.4. The van der Waals surface area contributed by atoms with Crippen LogP contribution in [0.3, 0.4) is 0 Å². The maximum absolute atomic E-state index is 14.3. The first-order valence-electron chi connectivity index (χ1n) is 14.6. The van der Waals surface area contributed by atoms with Crippen molar-refractivity contribution in [3.63, 3.8) is 0 Å². The molecule has 0 amide bonds. The fourth-order valence-corrected chi connectivity index (χ4v) is 8.30. The van der Waals surface area contributed by atoms with Crippen LogP contribution in [0.1, 0.15) is 106 Å². The van der Waals surface area contributed by atoms with Crippen LogP contribution in [0.4, 0.5) is 0 Å². The van der Waals surface area contributed by atoms with Gasteiger partial charge in [-0.2, -0.15) is 0 Å². The van der Waals surface area contributed by atoms with Gasteiger partial charge in [0.15, 0.2) is 5.78 Å². The highest BCUT2D eigenvalue weighted by atomic mass is 16.6. The summed E-state index contributed by atoms with van der Waals surface area (Å²) in [7, 11) is 0. The van der Waals surface area contributed by atoms with E-state index in [-0.39, 0.29) is 41.3 Å². The first kappa shape index (κ1) is 28.3. The monoisotopic (exact) mass is 516 g/mol. The van der Waals surface area contributed by atoms with E-state index >= 15 is 0 Å². The summed E-state index contributed by atoms with van der Waals surface area (Å²) in [6.07, 6.45) is 10.3. The number of carbonyl (C=O) groups is 3. The lowest BCUT2D eigenvalue weighted by molar-refractivity contribution is -0.153. The molecule has 1 aliphatic heterocycles. The van der Waals surface area contributed by atoms with Crippen molar-refractivity contribution in [2.45, 2.75) is 124 Å². The molecule has 37 heavy (non-hydrogen) atoms. The molecule has 3 aliphatic carbocycles. The zero-order chi connectivity index (χ0) is 27.2. The van der Waals surface area contributed by atoms with Crippen molar-refractivity contribution in [3.05, 3.63) is 11.6 Å². The molecule has 2 saturated carbocycles. The van der Waals surface area contributed by atoms with Gasteiger partial charge in [0, 0.05) is 20.3 Å². The third-order valence-electron chi connectivity index (χ3n) is 10.5. The molecule has 8 atom stereocenters. The minimum Gasteiger partial charge on any atom is -0.466 e. The van der Waals surface area contributed by atoms with Crippen LogP contribution in [-0.4, -0.2) is 42.1 Å². The van der Waals surface area contributed by atoms with Crippen molar-refractivity contribution in [3.8, 4) is 0 Å². The van der Waals surface area contributed by atoms with Crippen LogP contribution in [0.2, 0.25) is 0 Å². The number of rotatable bonds is 10. The average Bonchev–Trinajstić information content (AvgIpc) is 3.39. The summed E-state index contributed by atoms with van der Waals surface area (Å²) in [5.74, 6) is 1.58. The number of hydrogen-bond acceptors (Lipinski definition) is 6. The van der Waals surface area contributed by atoms with Gasteiger partial charge >= 0.3 is 11.9 Å². The minimum atomic E-state index is -0.587. The van der Waals surface area contributed by atoms with Crippen molar-refractivity contribution in [1.82, 2.24) is 0 Å². The van der Waals surface area contributed by atoms with Crippen molar-refractivity contribution in [2.75, 3.05) is 6.61 Å². The second-order valence-electron chi connectivity index (χ2n) is 13.3. The highest BCUT2D eigenvalue weighted by Gasteiger charge is 2.74. The molecule has 4 rings (SSSR count). The third kappa shape index (κ3) is 5.16. The number of Topliss-reactive ketones (excluding diaryl/α,β-unsaturated/α-hetero) is 1. The first-order chi connectivity index (χ1) is 17.3. The number of hydrogen-bond donors (Lipinski definition) is 0. The van der Waals surface area contributed by atoms with E-state index in [1.807, 2.05) is 0 Å². The average molecular weight is 517 g/mol. The molecule has 0 aromatic carbocycles. The molecule has 0 aromatic rings. The van der Waals surface area contributed by atoms with Crippen molar-refractivity contribution in [2.24, 2.45) is 34.5 Å². The normalized spacial score (nSPS) is 39.5. The smallest absolute Gasteiger partial charge is 0.302 e. The predicted octanol–water partition coefficient (Wildman–Crippen LogP) is 6.20. The number of allylic oxidation sites excluding steroid dienone is 1. The molecule has 0 bridgehead atoms. The van der Waals surface area contributed by atoms with Gasteiger partial charge in [-0.3, -0.25) is 14.4 Å². The van der Waals surface area contributed by atoms with Crippen molar-refractivity contribution in [1.29, 1.82) is 0 Å². The molecular formula is C31H48O6. The zero-order valence-corrected chi connectivity index (χ0v) is 24.1. The van der Waals surface area contributed by atoms with Crippen LogP contribution in [-0.2, 0) is 28.6 Å². The lowest BCUT2D eigenvalue weighted by Gasteiger charge is -2.46. The van der Waals surface area contributed by atoms with Gasteiger partial charge in [-0.1, -0.05) is 47.0 Å². The maximum atomic E-state index is 14.3.